The number of carbonyl (C=O) groups is 1. The maximum atomic E-state index is 12.3. The van der Waals surface area contributed by atoms with Gasteiger partial charge in [-0.05, 0) is 36.6 Å². The third-order valence-electron chi connectivity index (χ3n) is 4.48. The van der Waals surface area contributed by atoms with Crippen LogP contribution in [0.3, 0.4) is 0 Å². The maximum Gasteiger partial charge on any atom is 0.248 e. The van der Waals surface area contributed by atoms with E-state index in [1.807, 2.05) is 36.4 Å². The van der Waals surface area contributed by atoms with Crippen molar-refractivity contribution in [1.29, 1.82) is 0 Å². The predicted octanol–water partition coefficient (Wildman–Crippen LogP) is 3.93. The molecule has 0 radical (unpaired) electrons. The Kier molecular flexibility index (Phi) is 4.60. The van der Waals surface area contributed by atoms with E-state index in [1.165, 1.54) is 18.9 Å². The summed E-state index contributed by atoms with van der Waals surface area (Å²) in [4.78, 5) is 21.1. The van der Waals surface area contributed by atoms with Gasteiger partial charge in [-0.2, -0.15) is 0 Å². The molecule has 26 heavy (non-hydrogen) atoms. The Morgan fingerprint density at radius 1 is 1.15 bits per heavy atom. The van der Waals surface area contributed by atoms with Crippen LogP contribution in [0.2, 0.25) is 0 Å². The second-order valence-corrected chi connectivity index (χ2v) is 6.35. The molecule has 2 aromatic heterocycles. The van der Waals surface area contributed by atoms with Crippen LogP contribution in [0.25, 0.3) is 17.3 Å². The number of amides is 1. The van der Waals surface area contributed by atoms with Gasteiger partial charge in [-0.25, -0.2) is 4.98 Å². The van der Waals surface area contributed by atoms with Crippen molar-refractivity contribution in [2.45, 2.75) is 25.8 Å². The maximum absolute atomic E-state index is 12.3. The highest BCUT2D eigenvalue weighted by atomic mass is 16.1. The minimum Gasteiger partial charge on any atom is -0.334 e. The molecular formula is C21H20N4O. The highest BCUT2D eigenvalue weighted by Crippen LogP contribution is 2.28. The van der Waals surface area contributed by atoms with Crippen molar-refractivity contribution in [2.24, 2.45) is 0 Å². The molecule has 1 amide bonds. The Morgan fingerprint density at radius 2 is 2.08 bits per heavy atom. The molecule has 0 aliphatic carbocycles. The molecule has 0 fully saturated rings. The van der Waals surface area contributed by atoms with Crippen molar-refractivity contribution in [3.63, 3.8) is 0 Å². The second-order valence-electron chi connectivity index (χ2n) is 6.35. The topological polar surface area (TPSA) is 59.8 Å². The Labute approximate surface area is 152 Å². The van der Waals surface area contributed by atoms with Crippen LogP contribution in [0.5, 0.6) is 0 Å². The lowest BCUT2D eigenvalue weighted by atomic mass is 10.1. The molecule has 0 saturated heterocycles. The molecule has 5 nitrogen and oxygen atoms in total. The standard InChI is InChI=1S/C21H20N4O/c26-21(11-10-16-6-5-12-22-14-16)24-18-8-2-1-7-17(18)19-15-25-13-4-3-9-20(25)23-19/h1-2,5-8,10-12,14-15H,3-4,9,13H2,(H,24,26)/b11-10+. The average molecular weight is 344 g/mol. The lowest BCUT2D eigenvalue weighted by molar-refractivity contribution is -0.111. The van der Waals surface area contributed by atoms with Gasteiger partial charge in [-0.1, -0.05) is 24.3 Å². The molecule has 1 aromatic carbocycles. The van der Waals surface area contributed by atoms with Crippen molar-refractivity contribution in [2.75, 3.05) is 5.32 Å². The summed E-state index contributed by atoms with van der Waals surface area (Å²) in [5.41, 5.74) is 3.51. The number of hydrogen-bond donors (Lipinski definition) is 1. The van der Waals surface area contributed by atoms with Crippen LogP contribution in [0, 0.1) is 0 Å². The number of aryl methyl sites for hydroxylation is 2. The van der Waals surface area contributed by atoms with Crippen LogP contribution in [0.4, 0.5) is 5.69 Å². The molecule has 4 rings (SSSR count). The molecule has 0 unspecified atom stereocenters. The zero-order chi connectivity index (χ0) is 17.8. The van der Waals surface area contributed by atoms with Crippen LogP contribution in [0.15, 0.2) is 61.1 Å². The lowest BCUT2D eigenvalue weighted by Crippen LogP contribution is -2.09. The van der Waals surface area contributed by atoms with E-state index in [4.69, 9.17) is 4.98 Å². The SMILES string of the molecule is O=C(/C=C/c1cccnc1)Nc1ccccc1-c1cn2c(n1)CCCC2. The van der Waals surface area contributed by atoms with E-state index in [9.17, 15) is 4.79 Å². The van der Waals surface area contributed by atoms with Gasteiger partial charge >= 0.3 is 0 Å². The number of nitrogens with one attached hydrogen (secondary N) is 1. The first-order chi connectivity index (χ1) is 12.8. The van der Waals surface area contributed by atoms with E-state index < -0.39 is 0 Å². The van der Waals surface area contributed by atoms with Gasteiger partial charge in [0.1, 0.15) is 5.82 Å². The number of carbonyl (C=O) groups excluding carboxylic acids is 1. The summed E-state index contributed by atoms with van der Waals surface area (Å²) in [6, 6.07) is 11.5. The zero-order valence-corrected chi connectivity index (χ0v) is 14.4. The molecular weight excluding hydrogens is 324 g/mol. The number of benzene rings is 1. The Hall–Kier alpha value is -3.21. The monoisotopic (exact) mass is 344 g/mol. The number of hydrogen-bond acceptors (Lipinski definition) is 3. The first-order valence-electron chi connectivity index (χ1n) is 8.84. The molecule has 0 spiro atoms. The van der Waals surface area contributed by atoms with E-state index in [2.05, 4.69) is 21.1 Å². The summed E-state index contributed by atoms with van der Waals surface area (Å²) in [5, 5.41) is 2.96. The van der Waals surface area contributed by atoms with Crippen LogP contribution in [-0.4, -0.2) is 20.4 Å². The van der Waals surface area contributed by atoms with Crippen molar-refractivity contribution in [3.8, 4) is 11.3 Å². The third kappa shape index (κ3) is 3.57. The number of nitrogens with zero attached hydrogens (tertiary/aromatic N) is 3. The molecule has 5 heteroatoms. The summed E-state index contributed by atoms with van der Waals surface area (Å²) >= 11 is 0. The Balaban J connectivity index is 1.55. The largest absolute Gasteiger partial charge is 0.334 e. The summed E-state index contributed by atoms with van der Waals surface area (Å²) in [6.45, 7) is 1.02. The van der Waals surface area contributed by atoms with E-state index in [1.54, 1.807) is 18.5 Å². The van der Waals surface area contributed by atoms with Crippen LogP contribution >= 0.6 is 0 Å². The van der Waals surface area contributed by atoms with Gasteiger partial charge in [0, 0.05) is 43.2 Å². The van der Waals surface area contributed by atoms with Crippen molar-refractivity contribution >= 4 is 17.7 Å². The molecule has 0 bridgehead atoms. The summed E-state index contributed by atoms with van der Waals surface area (Å²) in [5.74, 6) is 0.953. The highest BCUT2D eigenvalue weighted by molar-refractivity contribution is 6.04. The number of fused-ring (bicyclic) bond motifs is 1. The Morgan fingerprint density at radius 3 is 2.92 bits per heavy atom. The summed E-state index contributed by atoms with van der Waals surface area (Å²) in [7, 11) is 0. The molecule has 3 aromatic rings. The number of pyridine rings is 1. The summed E-state index contributed by atoms with van der Waals surface area (Å²) < 4.78 is 2.22. The normalized spacial score (nSPS) is 13.5. The first-order valence-corrected chi connectivity index (χ1v) is 8.84. The first kappa shape index (κ1) is 16.3. The fourth-order valence-electron chi connectivity index (χ4n) is 3.18. The highest BCUT2D eigenvalue weighted by Gasteiger charge is 2.15. The number of rotatable bonds is 4. The molecule has 1 N–H and O–H groups in total. The zero-order valence-electron chi connectivity index (χ0n) is 14.4. The number of anilines is 1. The minimum absolute atomic E-state index is 0.176. The number of imidazole rings is 1. The minimum atomic E-state index is -0.176. The van der Waals surface area contributed by atoms with Crippen molar-refractivity contribution in [3.05, 3.63) is 72.5 Å². The van der Waals surface area contributed by atoms with Crippen LogP contribution < -0.4 is 5.32 Å². The van der Waals surface area contributed by atoms with Gasteiger partial charge in [-0.3, -0.25) is 9.78 Å². The molecule has 0 atom stereocenters. The van der Waals surface area contributed by atoms with Crippen LogP contribution in [-0.2, 0) is 17.8 Å². The van der Waals surface area contributed by atoms with E-state index in [-0.39, 0.29) is 5.91 Å². The molecule has 1 aliphatic heterocycles. The fourth-order valence-corrected chi connectivity index (χ4v) is 3.18. The van der Waals surface area contributed by atoms with Gasteiger partial charge in [-0.15, -0.1) is 0 Å². The second kappa shape index (κ2) is 7.35. The Bertz CT molecular complexity index is 920. The van der Waals surface area contributed by atoms with Crippen molar-refractivity contribution in [1.82, 2.24) is 14.5 Å². The van der Waals surface area contributed by atoms with Gasteiger partial charge in [0.05, 0.1) is 11.4 Å². The van der Waals surface area contributed by atoms with Crippen LogP contribution in [0.1, 0.15) is 24.2 Å². The predicted molar refractivity (Wildman–Crippen MR) is 103 cm³/mol. The molecule has 0 saturated carbocycles. The average Bonchev–Trinajstić information content (AvgIpc) is 3.12. The van der Waals surface area contributed by atoms with Gasteiger partial charge in [0.15, 0.2) is 0 Å². The van der Waals surface area contributed by atoms with Gasteiger partial charge in [0.2, 0.25) is 5.91 Å². The summed E-state index contributed by atoms with van der Waals surface area (Å²) in [6.07, 6.45) is 12.2. The number of para-hydroxylation sites is 1. The fraction of sp³-hybridized carbons (Fsp3) is 0.190. The molecule has 1 aliphatic rings. The third-order valence-corrected chi connectivity index (χ3v) is 4.48. The van der Waals surface area contributed by atoms with Gasteiger partial charge in [0.25, 0.3) is 0 Å². The quantitative estimate of drug-likeness (QED) is 0.730. The number of aromatic nitrogens is 3. The van der Waals surface area contributed by atoms with E-state index in [0.29, 0.717) is 0 Å². The molecule has 130 valence electrons. The lowest BCUT2D eigenvalue weighted by Gasteiger charge is -2.11. The smallest absolute Gasteiger partial charge is 0.248 e. The van der Waals surface area contributed by atoms with E-state index >= 15 is 0 Å². The van der Waals surface area contributed by atoms with Gasteiger partial charge < -0.3 is 9.88 Å². The molecule has 3 heterocycles. The van der Waals surface area contributed by atoms with Crippen molar-refractivity contribution < 1.29 is 4.79 Å². The van der Waals surface area contributed by atoms with E-state index in [0.717, 1.165) is 41.3 Å².